The third kappa shape index (κ3) is 5.62. The third-order valence-electron chi connectivity index (χ3n) is 9.32. The fourth-order valence-corrected chi connectivity index (χ4v) is 7.47. The van der Waals surface area contributed by atoms with E-state index in [1.165, 1.54) is 0 Å². The molecule has 1 N–H and O–H groups in total. The molecule has 1 aromatic heterocycles. The monoisotopic (exact) mass is 663 g/mol. The number of nitrogens with zero attached hydrogens (tertiary/aromatic N) is 5. The highest BCUT2D eigenvalue weighted by molar-refractivity contribution is 9.10. The molecule has 4 atom stereocenters. The van der Waals surface area contributed by atoms with Crippen LogP contribution in [0, 0.1) is 11.8 Å². The van der Waals surface area contributed by atoms with Crippen molar-refractivity contribution in [3.05, 3.63) is 75.0 Å². The fourth-order valence-electron chi connectivity index (χ4n) is 6.92. The molecular weight excluding hydrogens is 626 g/mol. The van der Waals surface area contributed by atoms with Gasteiger partial charge in [0.05, 0.1) is 24.1 Å². The number of aromatic nitrogens is 3. The molecule has 11 heteroatoms. The lowest BCUT2D eigenvalue weighted by Crippen LogP contribution is -2.50. The average molecular weight is 665 g/mol. The summed E-state index contributed by atoms with van der Waals surface area (Å²) in [5.41, 5.74) is 4.18. The molecule has 2 amide bonds. The van der Waals surface area contributed by atoms with Gasteiger partial charge in [-0.05, 0) is 69.4 Å². The van der Waals surface area contributed by atoms with Crippen molar-refractivity contribution in [2.45, 2.75) is 77.6 Å². The number of aliphatic carboxylic acids is 1. The summed E-state index contributed by atoms with van der Waals surface area (Å²) in [5.74, 6) is -1.85. The molecule has 0 spiro atoms. The minimum atomic E-state index is -0.919. The average Bonchev–Trinajstić information content (AvgIpc) is 3.64. The summed E-state index contributed by atoms with van der Waals surface area (Å²) < 4.78 is 9.29. The minimum absolute atomic E-state index is 0.0719. The van der Waals surface area contributed by atoms with Gasteiger partial charge in [-0.3, -0.25) is 14.4 Å². The van der Waals surface area contributed by atoms with Crippen molar-refractivity contribution < 1.29 is 24.2 Å². The van der Waals surface area contributed by atoms with Crippen molar-refractivity contribution in [3.8, 4) is 5.75 Å². The zero-order valence-electron chi connectivity index (χ0n) is 25.3. The minimum Gasteiger partial charge on any atom is -0.484 e. The Hall–Kier alpha value is -3.73. The molecule has 1 saturated carbocycles. The van der Waals surface area contributed by atoms with Crippen LogP contribution in [0.15, 0.2) is 47.1 Å². The Morgan fingerprint density at radius 2 is 1.84 bits per heavy atom. The zero-order chi connectivity index (χ0) is 31.1. The van der Waals surface area contributed by atoms with Gasteiger partial charge >= 0.3 is 5.97 Å². The number of carbonyl (C=O) groups excluding carboxylic acids is 2. The summed E-state index contributed by atoms with van der Waals surface area (Å²) >= 11 is 3.74. The van der Waals surface area contributed by atoms with Crippen molar-refractivity contribution in [2.75, 3.05) is 13.1 Å². The molecule has 3 aromatic rings. The van der Waals surface area contributed by atoms with Crippen LogP contribution in [0.5, 0.6) is 5.75 Å². The van der Waals surface area contributed by atoms with Gasteiger partial charge in [0.1, 0.15) is 17.5 Å². The van der Waals surface area contributed by atoms with Crippen molar-refractivity contribution >= 4 is 33.7 Å². The van der Waals surface area contributed by atoms with Crippen LogP contribution in [-0.4, -0.2) is 60.8 Å². The first-order valence-corrected chi connectivity index (χ1v) is 16.2. The van der Waals surface area contributed by atoms with E-state index < -0.39 is 30.0 Å². The molecule has 10 nitrogen and oxygen atoms in total. The number of ether oxygens (including phenoxy) is 1. The van der Waals surface area contributed by atoms with E-state index in [1.807, 2.05) is 68.3 Å². The molecule has 0 radical (unpaired) electrons. The molecule has 2 unspecified atom stereocenters. The summed E-state index contributed by atoms with van der Waals surface area (Å²) in [6, 6.07) is 11.1. The summed E-state index contributed by atoms with van der Waals surface area (Å²) in [6.45, 7) is 7.12. The molecule has 3 heterocycles. The van der Waals surface area contributed by atoms with Gasteiger partial charge in [-0.1, -0.05) is 52.2 Å². The number of fused-ring (bicyclic) bond motifs is 2. The maximum Gasteiger partial charge on any atom is 0.307 e. The van der Waals surface area contributed by atoms with Gasteiger partial charge in [0.25, 0.3) is 5.91 Å². The first-order chi connectivity index (χ1) is 21.1. The van der Waals surface area contributed by atoms with Crippen molar-refractivity contribution in [2.24, 2.45) is 11.8 Å². The van der Waals surface area contributed by atoms with Gasteiger partial charge in [0, 0.05) is 41.3 Å². The van der Waals surface area contributed by atoms with Crippen LogP contribution in [0.3, 0.4) is 0 Å². The van der Waals surface area contributed by atoms with Crippen LogP contribution in [0.4, 0.5) is 0 Å². The van der Waals surface area contributed by atoms with Gasteiger partial charge < -0.3 is 19.6 Å². The maximum absolute atomic E-state index is 14.4. The number of amides is 2. The smallest absolute Gasteiger partial charge is 0.307 e. The van der Waals surface area contributed by atoms with Gasteiger partial charge in [0.15, 0.2) is 0 Å². The normalized spacial score (nSPS) is 22.1. The molecule has 1 fully saturated rings. The first kappa shape index (κ1) is 30.3. The standard InChI is InChI=1S/C33H38BrN5O5/c1-19(2)39-17-27(35-36-39)20(3)44-29-13-12-26(34)25-14-15-38(32(41)23-10-6-7-11-24(23)33(42)43)28(30(25)29)18-37-16-21-8-4-5-9-22(21)31(37)40/h4-5,8-9,12-13,17,19-20,23-24,28H,6-7,10-11,14-16,18H2,1-3H3,(H,42,43)/t20?,23?,24-,28-/m1/s1. The lowest BCUT2D eigenvalue weighted by Gasteiger charge is -2.43. The molecule has 44 heavy (non-hydrogen) atoms. The van der Waals surface area contributed by atoms with Gasteiger partial charge in [-0.15, -0.1) is 5.10 Å². The van der Waals surface area contributed by atoms with E-state index in [0.717, 1.165) is 34.0 Å². The van der Waals surface area contributed by atoms with Crippen LogP contribution >= 0.6 is 15.9 Å². The first-order valence-electron chi connectivity index (χ1n) is 15.4. The molecular formula is C33H38BrN5O5. The highest BCUT2D eigenvalue weighted by Gasteiger charge is 2.44. The maximum atomic E-state index is 14.4. The van der Waals surface area contributed by atoms with E-state index >= 15 is 0 Å². The second kappa shape index (κ2) is 12.3. The molecule has 2 aliphatic heterocycles. The lowest BCUT2D eigenvalue weighted by molar-refractivity contribution is -0.153. The Morgan fingerprint density at radius 3 is 2.55 bits per heavy atom. The van der Waals surface area contributed by atoms with Gasteiger partial charge in [-0.2, -0.15) is 0 Å². The van der Waals surface area contributed by atoms with Crippen LogP contribution in [-0.2, 0) is 22.6 Å². The molecule has 0 saturated heterocycles. The Balaban J connectivity index is 1.39. The van der Waals surface area contributed by atoms with E-state index in [0.29, 0.717) is 49.4 Å². The van der Waals surface area contributed by atoms with Crippen LogP contribution in [0.25, 0.3) is 0 Å². The SMILES string of the molecule is CC(Oc1ccc(Br)c2c1[C@@H](CN1Cc3ccccc3C1=O)N(C(=O)C1CCCC[C@H]1C(=O)O)CC2)c1cn(C(C)C)nn1. The number of benzene rings is 2. The number of hydrogen-bond acceptors (Lipinski definition) is 6. The van der Waals surface area contributed by atoms with Crippen LogP contribution in [0.1, 0.15) is 97.4 Å². The van der Waals surface area contributed by atoms with Gasteiger partial charge in [-0.25, -0.2) is 4.68 Å². The summed E-state index contributed by atoms with van der Waals surface area (Å²) in [6.07, 6.45) is 4.70. The van der Waals surface area contributed by atoms with Crippen molar-refractivity contribution in [3.63, 3.8) is 0 Å². The fraction of sp³-hybridized carbons (Fsp3) is 0.485. The van der Waals surface area contributed by atoms with E-state index in [1.54, 1.807) is 9.58 Å². The van der Waals surface area contributed by atoms with Crippen molar-refractivity contribution in [1.29, 1.82) is 0 Å². The molecule has 2 aromatic carbocycles. The highest BCUT2D eigenvalue weighted by atomic mass is 79.9. The summed E-state index contributed by atoms with van der Waals surface area (Å²) in [4.78, 5) is 43.7. The highest BCUT2D eigenvalue weighted by Crippen LogP contribution is 2.44. The molecule has 3 aliphatic rings. The quantitative estimate of drug-likeness (QED) is 0.327. The summed E-state index contributed by atoms with van der Waals surface area (Å²) in [5, 5.41) is 18.6. The molecule has 232 valence electrons. The second-order valence-electron chi connectivity index (χ2n) is 12.4. The van der Waals surface area contributed by atoms with E-state index in [2.05, 4.69) is 26.2 Å². The zero-order valence-corrected chi connectivity index (χ0v) is 26.9. The summed E-state index contributed by atoms with van der Waals surface area (Å²) in [7, 11) is 0. The van der Waals surface area contributed by atoms with E-state index in [9.17, 15) is 19.5 Å². The number of hydrogen-bond donors (Lipinski definition) is 1. The Kier molecular flexibility index (Phi) is 8.50. The number of halogens is 1. The van der Waals surface area contributed by atoms with Crippen molar-refractivity contribution in [1.82, 2.24) is 24.8 Å². The van der Waals surface area contributed by atoms with E-state index in [-0.39, 0.29) is 24.4 Å². The predicted octanol–water partition coefficient (Wildman–Crippen LogP) is 5.73. The predicted molar refractivity (Wildman–Crippen MR) is 166 cm³/mol. The van der Waals surface area contributed by atoms with Gasteiger partial charge in [0.2, 0.25) is 5.91 Å². The van der Waals surface area contributed by atoms with Crippen LogP contribution < -0.4 is 4.74 Å². The third-order valence-corrected chi connectivity index (χ3v) is 10.1. The Labute approximate surface area is 265 Å². The second-order valence-corrected chi connectivity index (χ2v) is 13.2. The lowest BCUT2D eigenvalue weighted by atomic mass is 9.77. The number of rotatable bonds is 8. The number of carboxylic acids is 1. The molecule has 6 rings (SSSR count). The topological polar surface area (TPSA) is 118 Å². The Morgan fingerprint density at radius 1 is 1.09 bits per heavy atom. The number of carboxylic acid groups (broad SMARTS) is 1. The van der Waals surface area contributed by atoms with Crippen LogP contribution in [0.2, 0.25) is 0 Å². The molecule has 1 aliphatic carbocycles. The Bertz CT molecular complexity index is 1590. The largest absolute Gasteiger partial charge is 0.484 e. The number of carbonyl (C=O) groups is 3. The van der Waals surface area contributed by atoms with E-state index in [4.69, 9.17) is 4.74 Å². The molecule has 0 bridgehead atoms.